The van der Waals surface area contributed by atoms with Gasteiger partial charge in [0.15, 0.2) is 0 Å². The Bertz CT molecular complexity index is 225. The molecule has 0 amide bonds. The first-order chi connectivity index (χ1) is 5.92. The molecule has 1 aliphatic carbocycles. The van der Waals surface area contributed by atoms with Crippen LogP contribution in [0.1, 0.15) is 19.3 Å². The van der Waals surface area contributed by atoms with Crippen molar-refractivity contribution in [2.24, 2.45) is 5.92 Å². The number of piperidine rings is 1. The molecule has 0 aromatic carbocycles. The Balaban J connectivity index is 2.17. The molecule has 1 unspecified atom stereocenters. The number of nitrogens with zero attached hydrogens (tertiary/aromatic N) is 1. The third-order valence-corrected chi connectivity index (χ3v) is 4.57. The topological polar surface area (TPSA) is 3.24 Å². The van der Waals surface area contributed by atoms with Crippen molar-refractivity contribution in [3.05, 3.63) is 23.9 Å². The second-order valence-corrected chi connectivity index (χ2v) is 5.20. The Morgan fingerprint density at radius 2 is 2.50 bits per heavy atom. The van der Waals surface area contributed by atoms with Crippen LogP contribution in [0.4, 0.5) is 0 Å². The summed E-state index contributed by atoms with van der Waals surface area (Å²) in [5, 5.41) is 0. The minimum atomic E-state index is -0.494. The summed E-state index contributed by atoms with van der Waals surface area (Å²) in [6.07, 6.45) is 10.6. The highest BCUT2D eigenvalue weighted by atomic mass is 35.6. The second kappa shape index (κ2) is 3.67. The molecule has 2 rings (SSSR count). The minimum Gasteiger partial charge on any atom is -0.393 e. The lowest BCUT2D eigenvalue weighted by molar-refractivity contribution is 0.346. The molecule has 0 spiro atoms. The van der Waals surface area contributed by atoms with E-state index in [1.54, 1.807) is 0 Å². The van der Waals surface area contributed by atoms with Gasteiger partial charge in [0.25, 0.3) is 0 Å². The van der Waals surface area contributed by atoms with Crippen molar-refractivity contribution in [1.29, 1.82) is 0 Å². The van der Waals surface area contributed by atoms with E-state index in [0.29, 0.717) is 0 Å². The van der Waals surface area contributed by atoms with E-state index in [-0.39, 0.29) is 0 Å². The molecular formula is C9H14ClNSi. The molecule has 0 N–H and O–H groups in total. The number of halogens is 1. The molecule has 1 aliphatic heterocycles. The largest absolute Gasteiger partial charge is 0.393 e. The predicted octanol–water partition coefficient (Wildman–Crippen LogP) is 1.78. The van der Waals surface area contributed by atoms with Gasteiger partial charge in [0.05, 0.1) is 0 Å². The maximum atomic E-state index is 6.00. The van der Waals surface area contributed by atoms with Crippen molar-refractivity contribution >= 4 is 20.1 Å². The number of allylic oxidation sites excluding steroid dienone is 4. The first kappa shape index (κ1) is 8.39. The average molecular weight is 200 g/mol. The molecule has 1 atom stereocenters. The standard InChI is InChI=1S/C9H14ClNSi/c10-12-11-7-3-5-8-4-1-2-6-9(8)11/h1-2,6,8H,3-5,7,12H2. The lowest BCUT2D eigenvalue weighted by Crippen LogP contribution is -2.34. The summed E-state index contributed by atoms with van der Waals surface area (Å²) in [5.74, 6) is 0.787. The first-order valence-corrected chi connectivity index (χ1v) is 7.36. The van der Waals surface area contributed by atoms with Crippen molar-refractivity contribution in [2.45, 2.75) is 19.3 Å². The molecule has 2 aliphatic rings. The summed E-state index contributed by atoms with van der Waals surface area (Å²) in [4.78, 5) is 0. The average Bonchev–Trinajstić information content (AvgIpc) is 2.17. The van der Waals surface area contributed by atoms with Gasteiger partial charge in [0.1, 0.15) is 0 Å². The van der Waals surface area contributed by atoms with E-state index >= 15 is 0 Å². The van der Waals surface area contributed by atoms with Crippen LogP contribution < -0.4 is 0 Å². The van der Waals surface area contributed by atoms with Crippen LogP contribution in [0, 0.1) is 5.92 Å². The zero-order valence-corrected chi connectivity index (χ0v) is 9.34. The number of rotatable bonds is 1. The Hall–Kier alpha value is -0.213. The van der Waals surface area contributed by atoms with E-state index in [0.717, 1.165) is 5.92 Å². The zero-order valence-electron chi connectivity index (χ0n) is 7.17. The zero-order chi connectivity index (χ0) is 8.39. The van der Waals surface area contributed by atoms with E-state index in [4.69, 9.17) is 11.1 Å². The molecule has 1 nitrogen and oxygen atoms in total. The molecule has 0 aromatic heterocycles. The lowest BCUT2D eigenvalue weighted by atomic mass is 9.89. The van der Waals surface area contributed by atoms with Crippen LogP contribution >= 0.6 is 11.1 Å². The van der Waals surface area contributed by atoms with Crippen LogP contribution in [0.3, 0.4) is 0 Å². The number of fused-ring (bicyclic) bond motifs is 1. The Labute approximate surface area is 80.7 Å². The van der Waals surface area contributed by atoms with Crippen molar-refractivity contribution in [3.8, 4) is 0 Å². The van der Waals surface area contributed by atoms with Gasteiger partial charge in [0.2, 0.25) is 8.99 Å². The van der Waals surface area contributed by atoms with Gasteiger partial charge in [-0.3, -0.25) is 0 Å². The highest BCUT2D eigenvalue weighted by Gasteiger charge is 2.23. The van der Waals surface area contributed by atoms with Gasteiger partial charge >= 0.3 is 0 Å². The number of hydrogen-bond acceptors (Lipinski definition) is 1. The summed E-state index contributed by atoms with van der Waals surface area (Å²) < 4.78 is 2.43. The van der Waals surface area contributed by atoms with E-state index in [2.05, 4.69) is 22.8 Å². The van der Waals surface area contributed by atoms with Gasteiger partial charge in [-0.1, -0.05) is 12.2 Å². The molecule has 1 saturated heterocycles. The SMILES string of the molecule is Cl[SiH2]N1CCCC2CC=CC=C21. The van der Waals surface area contributed by atoms with Gasteiger partial charge in [-0.15, -0.1) is 11.1 Å². The second-order valence-electron chi connectivity index (χ2n) is 3.48. The Morgan fingerprint density at radius 3 is 3.33 bits per heavy atom. The van der Waals surface area contributed by atoms with E-state index in [9.17, 15) is 0 Å². The minimum absolute atomic E-state index is 0.494. The summed E-state index contributed by atoms with van der Waals surface area (Å²) in [6, 6.07) is 0. The lowest BCUT2D eigenvalue weighted by Gasteiger charge is -2.37. The quantitative estimate of drug-likeness (QED) is 0.460. The molecule has 66 valence electrons. The normalized spacial score (nSPS) is 29.2. The molecule has 1 fully saturated rings. The maximum Gasteiger partial charge on any atom is 0.224 e. The summed E-state index contributed by atoms with van der Waals surface area (Å²) in [7, 11) is -0.494. The van der Waals surface area contributed by atoms with E-state index in [1.165, 1.54) is 31.5 Å². The van der Waals surface area contributed by atoms with Crippen molar-refractivity contribution in [3.63, 3.8) is 0 Å². The van der Waals surface area contributed by atoms with Gasteiger partial charge in [-0.2, -0.15) is 0 Å². The van der Waals surface area contributed by atoms with Gasteiger partial charge in [0, 0.05) is 18.2 Å². The molecule has 0 radical (unpaired) electrons. The van der Waals surface area contributed by atoms with Crippen LogP contribution in [-0.2, 0) is 0 Å². The van der Waals surface area contributed by atoms with E-state index in [1.807, 2.05) is 0 Å². The van der Waals surface area contributed by atoms with Gasteiger partial charge in [-0.25, -0.2) is 0 Å². The fourth-order valence-corrected chi connectivity index (χ4v) is 3.70. The van der Waals surface area contributed by atoms with E-state index < -0.39 is 8.99 Å². The van der Waals surface area contributed by atoms with Crippen molar-refractivity contribution < 1.29 is 0 Å². The molecule has 12 heavy (non-hydrogen) atoms. The number of hydrogen-bond donors (Lipinski definition) is 0. The van der Waals surface area contributed by atoms with Crippen LogP contribution in [0.5, 0.6) is 0 Å². The van der Waals surface area contributed by atoms with Gasteiger partial charge < -0.3 is 4.57 Å². The smallest absolute Gasteiger partial charge is 0.224 e. The molecule has 3 heteroatoms. The Morgan fingerprint density at radius 1 is 1.58 bits per heavy atom. The molecule has 0 bridgehead atoms. The van der Waals surface area contributed by atoms with Crippen LogP contribution in [0.25, 0.3) is 0 Å². The summed E-state index contributed by atoms with van der Waals surface area (Å²) in [6.45, 7) is 1.20. The van der Waals surface area contributed by atoms with Crippen LogP contribution in [0.2, 0.25) is 0 Å². The molecule has 0 saturated carbocycles. The van der Waals surface area contributed by atoms with Crippen molar-refractivity contribution in [2.75, 3.05) is 6.54 Å². The van der Waals surface area contributed by atoms with Crippen LogP contribution in [0.15, 0.2) is 23.9 Å². The molecule has 1 heterocycles. The molecular weight excluding hydrogens is 186 g/mol. The monoisotopic (exact) mass is 199 g/mol. The predicted molar refractivity (Wildman–Crippen MR) is 55.7 cm³/mol. The third-order valence-electron chi connectivity index (χ3n) is 2.73. The van der Waals surface area contributed by atoms with Gasteiger partial charge in [-0.05, 0) is 25.3 Å². The Kier molecular flexibility index (Phi) is 2.56. The highest BCUT2D eigenvalue weighted by Crippen LogP contribution is 2.31. The fraction of sp³-hybridized carbons (Fsp3) is 0.556. The molecule has 0 aromatic rings. The van der Waals surface area contributed by atoms with Crippen LogP contribution in [-0.4, -0.2) is 20.1 Å². The van der Waals surface area contributed by atoms with Crippen molar-refractivity contribution in [1.82, 2.24) is 4.57 Å². The summed E-state index contributed by atoms with van der Waals surface area (Å²) in [5.41, 5.74) is 1.52. The summed E-state index contributed by atoms with van der Waals surface area (Å²) >= 11 is 6.00. The first-order valence-electron chi connectivity index (χ1n) is 4.59. The fourth-order valence-electron chi connectivity index (χ4n) is 2.08. The highest BCUT2D eigenvalue weighted by molar-refractivity contribution is 6.92. The third kappa shape index (κ3) is 1.46. The maximum absolute atomic E-state index is 6.00.